The Morgan fingerprint density at radius 2 is 1.77 bits per heavy atom. The first-order valence-electron chi connectivity index (χ1n) is 7.56. The largest absolute Gasteiger partial charge is 0.330 e. The molecule has 1 amide bonds. The van der Waals surface area contributed by atoms with Crippen LogP contribution in [0.5, 0.6) is 0 Å². The lowest BCUT2D eigenvalue weighted by Crippen LogP contribution is -2.92. The Hall–Kier alpha value is -1.65. The van der Waals surface area contributed by atoms with Crippen molar-refractivity contribution < 1.29 is 10.1 Å². The van der Waals surface area contributed by atoms with Crippen molar-refractivity contribution in [2.75, 3.05) is 5.32 Å². The molecule has 0 aliphatic rings. The zero-order valence-electron chi connectivity index (χ0n) is 12.9. The zero-order chi connectivity index (χ0) is 15.9. The molecule has 22 heavy (non-hydrogen) atoms. The van der Waals surface area contributed by atoms with Gasteiger partial charge in [0, 0.05) is 22.1 Å². The Morgan fingerprint density at radius 1 is 1.14 bits per heavy atom. The molecule has 0 unspecified atom stereocenters. The van der Waals surface area contributed by atoms with Crippen molar-refractivity contribution >= 4 is 27.5 Å². The topological polar surface area (TPSA) is 45.7 Å². The van der Waals surface area contributed by atoms with Crippen LogP contribution in [-0.2, 0) is 4.79 Å². The van der Waals surface area contributed by atoms with Gasteiger partial charge in [-0.3, -0.25) is 4.79 Å². The Balaban J connectivity index is 1.98. The number of nitrogens with two attached hydrogens (primary N) is 1. The molecule has 3 nitrogen and oxygen atoms in total. The van der Waals surface area contributed by atoms with Crippen LogP contribution in [0.3, 0.4) is 0 Å². The number of carbonyl (C=O) groups is 1. The monoisotopic (exact) mass is 361 g/mol. The third-order valence-electron chi connectivity index (χ3n) is 3.71. The fourth-order valence-electron chi connectivity index (χ4n) is 2.41. The predicted molar refractivity (Wildman–Crippen MR) is 93.6 cm³/mol. The van der Waals surface area contributed by atoms with Gasteiger partial charge in [-0.25, -0.2) is 0 Å². The zero-order valence-corrected chi connectivity index (χ0v) is 14.5. The van der Waals surface area contributed by atoms with Crippen molar-refractivity contribution in [1.82, 2.24) is 0 Å². The summed E-state index contributed by atoms with van der Waals surface area (Å²) in [5.41, 5.74) is 2.08. The highest BCUT2D eigenvalue weighted by Crippen LogP contribution is 2.16. The molecular formula is C18H22BrN2O+. The van der Waals surface area contributed by atoms with Crippen molar-refractivity contribution in [1.29, 1.82) is 0 Å². The summed E-state index contributed by atoms with van der Waals surface area (Å²) in [6.45, 7) is 4.09. The molecule has 0 saturated carbocycles. The minimum atomic E-state index is -0.145. The molecule has 2 atom stereocenters. The number of quaternary nitrogens is 1. The van der Waals surface area contributed by atoms with Gasteiger partial charge in [-0.05, 0) is 31.2 Å². The number of rotatable bonds is 6. The highest BCUT2D eigenvalue weighted by molar-refractivity contribution is 9.10. The number of carbonyl (C=O) groups excluding carboxylic acids is 1. The van der Waals surface area contributed by atoms with E-state index < -0.39 is 0 Å². The number of nitrogens with one attached hydrogen (secondary N) is 1. The van der Waals surface area contributed by atoms with Crippen LogP contribution in [0.2, 0.25) is 0 Å². The standard InChI is InChI=1S/C18H21BrN2O/c1-3-17(14-9-11-15(19)12-10-14)20-13(2)18(22)21-16-7-5-4-6-8-16/h4-13,17,20H,3H2,1-2H3,(H,21,22)/p+1/t13-,17-/m1/s1. The maximum atomic E-state index is 12.3. The van der Waals surface area contributed by atoms with Gasteiger partial charge in [0.1, 0.15) is 6.04 Å². The van der Waals surface area contributed by atoms with Gasteiger partial charge in [-0.1, -0.05) is 53.2 Å². The van der Waals surface area contributed by atoms with E-state index in [1.54, 1.807) is 0 Å². The van der Waals surface area contributed by atoms with Crippen molar-refractivity contribution in [3.63, 3.8) is 0 Å². The van der Waals surface area contributed by atoms with Gasteiger partial charge in [0.05, 0.1) is 0 Å². The average molecular weight is 362 g/mol. The van der Waals surface area contributed by atoms with E-state index >= 15 is 0 Å². The van der Waals surface area contributed by atoms with Gasteiger partial charge < -0.3 is 10.6 Å². The molecule has 2 aromatic rings. The molecule has 0 fully saturated rings. The lowest BCUT2D eigenvalue weighted by Gasteiger charge is -2.19. The number of para-hydroxylation sites is 1. The molecule has 4 heteroatoms. The van der Waals surface area contributed by atoms with Crippen LogP contribution >= 0.6 is 15.9 Å². The summed E-state index contributed by atoms with van der Waals surface area (Å²) >= 11 is 3.45. The Kier molecular flexibility index (Phi) is 6.16. The number of hydrogen-bond donors (Lipinski definition) is 2. The average Bonchev–Trinajstić information content (AvgIpc) is 2.54. The molecule has 2 rings (SSSR count). The Morgan fingerprint density at radius 3 is 2.36 bits per heavy atom. The van der Waals surface area contributed by atoms with Gasteiger partial charge in [0.2, 0.25) is 0 Å². The van der Waals surface area contributed by atoms with E-state index in [1.165, 1.54) is 5.56 Å². The van der Waals surface area contributed by atoms with Crippen molar-refractivity contribution in [2.45, 2.75) is 32.4 Å². The van der Waals surface area contributed by atoms with Gasteiger partial charge in [-0.2, -0.15) is 0 Å². The third-order valence-corrected chi connectivity index (χ3v) is 4.24. The summed E-state index contributed by atoms with van der Waals surface area (Å²) in [6.07, 6.45) is 0.977. The van der Waals surface area contributed by atoms with E-state index in [-0.39, 0.29) is 18.0 Å². The first-order chi connectivity index (χ1) is 10.6. The summed E-state index contributed by atoms with van der Waals surface area (Å²) in [5.74, 6) is 0.0294. The highest BCUT2D eigenvalue weighted by Gasteiger charge is 2.22. The summed E-state index contributed by atoms with van der Waals surface area (Å²) in [6, 6.07) is 18.0. The van der Waals surface area contributed by atoms with Crippen LogP contribution in [0.4, 0.5) is 5.69 Å². The number of hydrogen-bond acceptors (Lipinski definition) is 1. The number of amides is 1. The smallest absolute Gasteiger partial charge is 0.282 e. The van der Waals surface area contributed by atoms with Crippen LogP contribution in [0.25, 0.3) is 0 Å². The first-order valence-corrected chi connectivity index (χ1v) is 8.35. The van der Waals surface area contributed by atoms with E-state index in [4.69, 9.17) is 0 Å². The summed E-state index contributed by atoms with van der Waals surface area (Å²) in [7, 11) is 0. The van der Waals surface area contributed by atoms with Crippen LogP contribution in [0, 0.1) is 0 Å². The summed E-state index contributed by atoms with van der Waals surface area (Å²) in [5, 5.41) is 5.08. The molecule has 0 aromatic heterocycles. The fourth-order valence-corrected chi connectivity index (χ4v) is 2.67. The SMILES string of the molecule is CC[C@@H]([NH2+][C@H](C)C(=O)Nc1ccccc1)c1ccc(Br)cc1. The van der Waals surface area contributed by atoms with Crippen LogP contribution in [0.15, 0.2) is 59.1 Å². The molecule has 2 aromatic carbocycles. The summed E-state index contributed by atoms with van der Waals surface area (Å²) in [4.78, 5) is 12.3. The second kappa shape index (κ2) is 8.11. The molecule has 0 heterocycles. The second-order valence-corrected chi connectivity index (χ2v) is 6.32. The Bertz CT molecular complexity index is 598. The molecular weight excluding hydrogens is 340 g/mol. The van der Waals surface area contributed by atoms with Crippen LogP contribution < -0.4 is 10.6 Å². The van der Waals surface area contributed by atoms with Crippen molar-refractivity contribution in [2.24, 2.45) is 0 Å². The third kappa shape index (κ3) is 4.68. The molecule has 0 bridgehead atoms. The maximum Gasteiger partial charge on any atom is 0.282 e. The molecule has 116 valence electrons. The highest BCUT2D eigenvalue weighted by atomic mass is 79.9. The lowest BCUT2D eigenvalue weighted by molar-refractivity contribution is -0.713. The maximum absolute atomic E-state index is 12.3. The van der Waals surface area contributed by atoms with E-state index in [1.807, 2.05) is 49.4 Å². The minimum Gasteiger partial charge on any atom is -0.330 e. The number of anilines is 1. The molecule has 3 N–H and O–H groups in total. The normalized spacial score (nSPS) is 13.4. The van der Waals surface area contributed by atoms with E-state index in [2.05, 4.69) is 45.6 Å². The predicted octanol–water partition coefficient (Wildman–Crippen LogP) is 3.49. The summed E-state index contributed by atoms with van der Waals surface area (Å²) < 4.78 is 1.07. The quantitative estimate of drug-likeness (QED) is 0.812. The van der Waals surface area contributed by atoms with Gasteiger partial charge in [0.25, 0.3) is 5.91 Å². The molecule has 0 saturated heterocycles. The molecule has 0 spiro atoms. The lowest BCUT2D eigenvalue weighted by atomic mass is 10.0. The van der Waals surface area contributed by atoms with Gasteiger partial charge in [-0.15, -0.1) is 0 Å². The van der Waals surface area contributed by atoms with Crippen molar-refractivity contribution in [3.8, 4) is 0 Å². The van der Waals surface area contributed by atoms with Crippen molar-refractivity contribution in [3.05, 3.63) is 64.6 Å². The molecule has 0 aliphatic carbocycles. The second-order valence-electron chi connectivity index (χ2n) is 5.40. The Labute approximate surface area is 140 Å². The van der Waals surface area contributed by atoms with Crippen LogP contribution in [-0.4, -0.2) is 11.9 Å². The number of benzene rings is 2. The fraction of sp³-hybridized carbons (Fsp3) is 0.278. The molecule has 0 aliphatic heterocycles. The molecule has 0 radical (unpaired) electrons. The van der Waals surface area contributed by atoms with Gasteiger partial charge >= 0.3 is 0 Å². The van der Waals surface area contributed by atoms with E-state index in [0.29, 0.717) is 0 Å². The van der Waals surface area contributed by atoms with E-state index in [9.17, 15) is 4.79 Å². The van der Waals surface area contributed by atoms with Gasteiger partial charge in [0.15, 0.2) is 6.04 Å². The number of halogens is 1. The minimum absolute atomic E-state index is 0.0294. The van der Waals surface area contributed by atoms with E-state index in [0.717, 1.165) is 16.6 Å². The van der Waals surface area contributed by atoms with Crippen LogP contribution in [0.1, 0.15) is 31.9 Å². The first kappa shape index (κ1) is 16.7.